The Morgan fingerprint density at radius 2 is 2.00 bits per heavy atom. The van der Waals surface area contributed by atoms with Crippen molar-refractivity contribution in [2.24, 2.45) is 5.92 Å². The van der Waals surface area contributed by atoms with Crippen molar-refractivity contribution in [2.45, 2.75) is 63.5 Å². The molecule has 0 bridgehead atoms. The topological polar surface area (TPSA) is 75.6 Å². The Labute approximate surface area is 113 Å². The third-order valence-corrected chi connectivity index (χ3v) is 4.15. The van der Waals surface area contributed by atoms with E-state index in [0.29, 0.717) is 12.8 Å². The summed E-state index contributed by atoms with van der Waals surface area (Å²) in [5, 5.41) is 11.9. The summed E-state index contributed by atoms with van der Waals surface area (Å²) < 4.78 is 5.58. The molecular weight excluding hydrogens is 246 g/mol. The third-order valence-electron chi connectivity index (χ3n) is 4.15. The molecule has 2 fully saturated rings. The van der Waals surface area contributed by atoms with Gasteiger partial charge < -0.3 is 15.2 Å². The lowest BCUT2D eigenvalue weighted by molar-refractivity contribution is -0.142. The van der Waals surface area contributed by atoms with E-state index in [9.17, 15) is 9.59 Å². The zero-order chi connectivity index (χ0) is 13.7. The second kappa shape index (κ2) is 6.89. The van der Waals surface area contributed by atoms with Crippen LogP contribution in [0.2, 0.25) is 0 Å². The van der Waals surface area contributed by atoms with E-state index in [1.54, 1.807) is 0 Å². The summed E-state index contributed by atoms with van der Waals surface area (Å²) >= 11 is 0. The summed E-state index contributed by atoms with van der Waals surface area (Å²) in [6, 6.07) is -0.183. The number of carbonyl (C=O) groups excluding carboxylic acids is 1. The van der Waals surface area contributed by atoms with Crippen LogP contribution in [0.4, 0.5) is 0 Å². The molecule has 1 saturated heterocycles. The summed E-state index contributed by atoms with van der Waals surface area (Å²) in [6.07, 6.45) is 7.06. The minimum Gasteiger partial charge on any atom is -0.481 e. The summed E-state index contributed by atoms with van der Waals surface area (Å²) in [6.45, 7) is 0.802. The van der Waals surface area contributed by atoms with E-state index in [-0.39, 0.29) is 18.1 Å². The molecule has 0 spiro atoms. The van der Waals surface area contributed by atoms with E-state index in [2.05, 4.69) is 5.32 Å². The molecule has 1 heterocycles. The number of carboxylic acid groups (broad SMARTS) is 1. The first-order chi connectivity index (χ1) is 9.16. The first-order valence-corrected chi connectivity index (χ1v) is 7.30. The highest BCUT2D eigenvalue weighted by atomic mass is 16.5. The van der Waals surface area contributed by atoms with Crippen LogP contribution in [0.3, 0.4) is 0 Å². The lowest BCUT2D eigenvalue weighted by Gasteiger charge is -2.23. The van der Waals surface area contributed by atoms with Crippen LogP contribution in [0, 0.1) is 5.92 Å². The second-order valence-corrected chi connectivity index (χ2v) is 5.58. The van der Waals surface area contributed by atoms with Crippen molar-refractivity contribution in [1.82, 2.24) is 5.32 Å². The van der Waals surface area contributed by atoms with Crippen molar-refractivity contribution in [3.8, 4) is 0 Å². The van der Waals surface area contributed by atoms with Crippen molar-refractivity contribution < 1.29 is 19.4 Å². The van der Waals surface area contributed by atoms with Crippen molar-refractivity contribution in [1.29, 1.82) is 0 Å². The molecule has 5 nitrogen and oxygen atoms in total. The number of nitrogens with one attached hydrogen (secondary N) is 1. The standard InChI is InChI=1S/C14H23NO4/c16-13(8-7-10-4-1-2-9-19-10)15-12-6-3-5-11(12)14(17)18/h10-12H,1-9H2,(H,15,16)(H,17,18)/t10?,11-,12+/m1/s1. The zero-order valence-corrected chi connectivity index (χ0v) is 11.3. The van der Waals surface area contributed by atoms with Gasteiger partial charge >= 0.3 is 5.97 Å². The van der Waals surface area contributed by atoms with Gasteiger partial charge in [0.2, 0.25) is 5.91 Å². The Hall–Kier alpha value is -1.10. The lowest BCUT2D eigenvalue weighted by atomic mass is 10.0. The lowest BCUT2D eigenvalue weighted by Crippen LogP contribution is -2.40. The molecule has 19 heavy (non-hydrogen) atoms. The minimum absolute atomic E-state index is 0.0349. The normalized spacial score (nSPS) is 31.1. The van der Waals surface area contributed by atoms with Crippen LogP contribution in [0.25, 0.3) is 0 Å². The molecule has 0 aromatic rings. The average molecular weight is 269 g/mol. The molecule has 0 aromatic carbocycles. The van der Waals surface area contributed by atoms with Gasteiger partial charge in [-0.25, -0.2) is 0 Å². The van der Waals surface area contributed by atoms with Crippen molar-refractivity contribution in [3.05, 3.63) is 0 Å². The average Bonchev–Trinajstić information content (AvgIpc) is 2.86. The fraction of sp³-hybridized carbons (Fsp3) is 0.857. The molecule has 3 atom stereocenters. The second-order valence-electron chi connectivity index (χ2n) is 5.58. The summed E-state index contributed by atoms with van der Waals surface area (Å²) in [5.41, 5.74) is 0. The SMILES string of the molecule is O=C(CCC1CCCCO1)N[C@H]1CCC[C@H]1C(=O)O. The van der Waals surface area contributed by atoms with Gasteiger partial charge in [0.05, 0.1) is 12.0 Å². The summed E-state index contributed by atoms with van der Waals surface area (Å²) in [7, 11) is 0. The number of rotatable bonds is 5. The molecule has 1 unspecified atom stereocenters. The van der Waals surface area contributed by atoms with E-state index in [4.69, 9.17) is 9.84 Å². The minimum atomic E-state index is -0.793. The number of amides is 1. The molecule has 0 aromatic heterocycles. The fourth-order valence-electron chi connectivity index (χ4n) is 3.03. The predicted octanol–water partition coefficient (Wildman–Crippen LogP) is 1.71. The Bertz CT molecular complexity index is 325. The number of hydrogen-bond donors (Lipinski definition) is 2. The van der Waals surface area contributed by atoms with Crippen molar-refractivity contribution >= 4 is 11.9 Å². The molecule has 108 valence electrons. The van der Waals surface area contributed by atoms with Gasteiger partial charge in [0.25, 0.3) is 0 Å². The molecule has 0 radical (unpaired) electrons. The van der Waals surface area contributed by atoms with Crippen LogP contribution < -0.4 is 5.32 Å². The van der Waals surface area contributed by atoms with Gasteiger partial charge in [-0.15, -0.1) is 0 Å². The van der Waals surface area contributed by atoms with Crippen LogP contribution >= 0.6 is 0 Å². The fourth-order valence-corrected chi connectivity index (χ4v) is 3.03. The van der Waals surface area contributed by atoms with Crippen LogP contribution in [0.1, 0.15) is 51.4 Å². The number of aliphatic carboxylic acids is 1. The molecular formula is C14H23NO4. The van der Waals surface area contributed by atoms with E-state index >= 15 is 0 Å². The third kappa shape index (κ3) is 4.20. The van der Waals surface area contributed by atoms with E-state index in [1.807, 2.05) is 0 Å². The zero-order valence-electron chi connectivity index (χ0n) is 11.3. The van der Waals surface area contributed by atoms with Crippen LogP contribution in [0.5, 0.6) is 0 Å². The largest absolute Gasteiger partial charge is 0.481 e. The summed E-state index contributed by atoms with van der Waals surface area (Å²) in [4.78, 5) is 22.9. The molecule has 1 aliphatic heterocycles. The highest BCUT2D eigenvalue weighted by Gasteiger charge is 2.33. The molecule has 1 amide bonds. The van der Waals surface area contributed by atoms with Gasteiger partial charge in [-0.2, -0.15) is 0 Å². The number of carboxylic acids is 1. The van der Waals surface area contributed by atoms with Gasteiger partial charge in [0.1, 0.15) is 0 Å². The number of ether oxygens (including phenoxy) is 1. The van der Waals surface area contributed by atoms with E-state index in [1.165, 1.54) is 6.42 Å². The molecule has 1 aliphatic carbocycles. The van der Waals surface area contributed by atoms with E-state index in [0.717, 1.165) is 38.7 Å². The highest BCUT2D eigenvalue weighted by Crippen LogP contribution is 2.26. The first-order valence-electron chi connectivity index (χ1n) is 7.30. The Kier molecular flexibility index (Phi) is 5.19. The Morgan fingerprint density at radius 1 is 1.16 bits per heavy atom. The van der Waals surface area contributed by atoms with Crippen LogP contribution in [-0.4, -0.2) is 35.7 Å². The maximum absolute atomic E-state index is 11.9. The predicted molar refractivity (Wildman–Crippen MR) is 69.7 cm³/mol. The quantitative estimate of drug-likeness (QED) is 0.796. The molecule has 2 rings (SSSR count). The van der Waals surface area contributed by atoms with Crippen molar-refractivity contribution in [2.75, 3.05) is 6.61 Å². The van der Waals surface area contributed by atoms with Crippen molar-refractivity contribution in [3.63, 3.8) is 0 Å². The molecule has 2 N–H and O–H groups in total. The van der Waals surface area contributed by atoms with Gasteiger partial charge in [-0.05, 0) is 38.5 Å². The number of carbonyl (C=O) groups is 2. The van der Waals surface area contributed by atoms with Crippen LogP contribution in [-0.2, 0) is 14.3 Å². The first kappa shape index (κ1) is 14.3. The van der Waals surface area contributed by atoms with Gasteiger partial charge in [0.15, 0.2) is 0 Å². The smallest absolute Gasteiger partial charge is 0.308 e. The maximum atomic E-state index is 11.9. The highest BCUT2D eigenvalue weighted by molar-refractivity contribution is 5.78. The monoisotopic (exact) mass is 269 g/mol. The van der Waals surface area contributed by atoms with Crippen LogP contribution in [0.15, 0.2) is 0 Å². The van der Waals surface area contributed by atoms with E-state index < -0.39 is 11.9 Å². The Morgan fingerprint density at radius 3 is 2.68 bits per heavy atom. The van der Waals surface area contributed by atoms with Gasteiger partial charge in [-0.1, -0.05) is 6.42 Å². The molecule has 1 saturated carbocycles. The van der Waals surface area contributed by atoms with Gasteiger partial charge in [-0.3, -0.25) is 9.59 Å². The van der Waals surface area contributed by atoms with Gasteiger partial charge in [0, 0.05) is 19.1 Å². The Balaban J connectivity index is 1.70. The summed E-state index contributed by atoms with van der Waals surface area (Å²) in [5.74, 6) is -1.24. The number of hydrogen-bond acceptors (Lipinski definition) is 3. The maximum Gasteiger partial charge on any atom is 0.308 e. The molecule has 2 aliphatic rings. The molecule has 5 heteroatoms.